The Bertz CT molecular complexity index is 932. The van der Waals surface area contributed by atoms with E-state index in [9.17, 15) is 9.59 Å². The summed E-state index contributed by atoms with van der Waals surface area (Å²) in [6.07, 6.45) is -0.716. The van der Waals surface area contributed by atoms with Gasteiger partial charge in [0.1, 0.15) is 34.5 Å². The van der Waals surface area contributed by atoms with Gasteiger partial charge in [0.25, 0.3) is 0 Å². The van der Waals surface area contributed by atoms with Gasteiger partial charge < -0.3 is 14.8 Å². The van der Waals surface area contributed by atoms with Crippen molar-refractivity contribution in [3.8, 4) is 22.8 Å². The second-order valence-corrected chi connectivity index (χ2v) is 8.25. The highest BCUT2D eigenvalue weighted by Gasteiger charge is 2.27. The van der Waals surface area contributed by atoms with E-state index in [1.54, 1.807) is 37.6 Å². The molecule has 0 saturated carbocycles. The summed E-state index contributed by atoms with van der Waals surface area (Å²) in [6.45, 7) is 4.68. The number of nitrogens with zero attached hydrogens (tertiary/aromatic N) is 4. The minimum atomic E-state index is -1.06. The summed E-state index contributed by atoms with van der Waals surface area (Å²) in [5.41, 5.74) is 0.148. The van der Waals surface area contributed by atoms with Gasteiger partial charge in [-0.25, -0.2) is 19.6 Å². The van der Waals surface area contributed by atoms with Crippen molar-refractivity contribution in [3.63, 3.8) is 0 Å². The number of amides is 1. The molecule has 2 aromatic heterocycles. The molecule has 1 atom stereocenters. The fraction of sp³-hybridized carbons (Fsp3) is 0.412. The van der Waals surface area contributed by atoms with Gasteiger partial charge in [-0.3, -0.25) is 0 Å². The second kappa shape index (κ2) is 9.26. The summed E-state index contributed by atoms with van der Waals surface area (Å²) in [6, 6.07) is 2.60. The van der Waals surface area contributed by atoms with Crippen LogP contribution in [0.4, 0.5) is 4.79 Å². The highest BCUT2D eigenvalue weighted by atomic mass is 32.1. The van der Waals surface area contributed by atoms with Crippen LogP contribution < -0.4 is 5.32 Å². The van der Waals surface area contributed by atoms with Crippen LogP contribution in [-0.4, -0.2) is 40.3 Å². The third-order valence-electron chi connectivity index (χ3n) is 3.02. The first-order chi connectivity index (χ1) is 13.2. The lowest BCUT2D eigenvalue weighted by molar-refractivity contribution is -0.144. The molecule has 28 heavy (non-hydrogen) atoms. The maximum absolute atomic E-state index is 12.2. The van der Waals surface area contributed by atoms with Crippen molar-refractivity contribution < 1.29 is 19.1 Å². The standard InChI is InChI=1S/C17H17N5O4S2/c1-17(2,3)26-16(24)22-11(15(23)25-5-4-18)6-13-21-12(9-27-13)14-20-10(7-19)8-28-14/h8-9,11H,5-6H2,1-3H3,(H,22,24)/t11-/m0/s1. The first-order valence-corrected chi connectivity index (χ1v) is 9.81. The molecular weight excluding hydrogens is 402 g/mol. The number of nitriles is 2. The van der Waals surface area contributed by atoms with Crippen LogP contribution in [0.1, 0.15) is 31.5 Å². The summed E-state index contributed by atoms with van der Waals surface area (Å²) < 4.78 is 10.00. The maximum atomic E-state index is 12.2. The zero-order chi connectivity index (χ0) is 20.7. The molecule has 0 fully saturated rings. The fourth-order valence-corrected chi connectivity index (χ4v) is 3.57. The molecule has 0 saturated heterocycles. The van der Waals surface area contributed by atoms with E-state index in [0.717, 1.165) is 0 Å². The van der Waals surface area contributed by atoms with Crippen LogP contribution in [0.15, 0.2) is 10.8 Å². The normalized spacial score (nSPS) is 11.8. The number of ether oxygens (including phenoxy) is 2. The molecule has 2 rings (SSSR count). The molecule has 2 heterocycles. The zero-order valence-electron chi connectivity index (χ0n) is 15.4. The number of carbonyl (C=O) groups excluding carboxylic acids is 2. The Morgan fingerprint density at radius 2 is 2.00 bits per heavy atom. The van der Waals surface area contributed by atoms with Crippen molar-refractivity contribution in [1.29, 1.82) is 10.5 Å². The number of alkyl carbamates (subject to hydrolysis) is 1. The van der Waals surface area contributed by atoms with E-state index in [1.165, 1.54) is 22.7 Å². The van der Waals surface area contributed by atoms with Crippen LogP contribution in [0.25, 0.3) is 10.7 Å². The molecule has 11 heteroatoms. The summed E-state index contributed by atoms with van der Waals surface area (Å²) >= 11 is 2.57. The van der Waals surface area contributed by atoms with Crippen molar-refractivity contribution in [2.45, 2.75) is 38.8 Å². The Kier molecular flexibility index (Phi) is 7.04. The van der Waals surface area contributed by atoms with Gasteiger partial charge in [-0.1, -0.05) is 0 Å². The Balaban J connectivity index is 2.13. The van der Waals surface area contributed by atoms with Crippen molar-refractivity contribution >= 4 is 34.7 Å². The van der Waals surface area contributed by atoms with E-state index in [0.29, 0.717) is 21.4 Å². The minimum absolute atomic E-state index is 0.0602. The van der Waals surface area contributed by atoms with E-state index in [1.807, 2.05) is 6.07 Å². The van der Waals surface area contributed by atoms with Crippen molar-refractivity contribution in [3.05, 3.63) is 21.5 Å². The van der Waals surface area contributed by atoms with Crippen LogP contribution in [0.3, 0.4) is 0 Å². The van der Waals surface area contributed by atoms with Crippen LogP contribution in [0.5, 0.6) is 0 Å². The van der Waals surface area contributed by atoms with Gasteiger partial charge in [-0.05, 0) is 20.8 Å². The molecule has 0 aliphatic carbocycles. The molecular formula is C17H17N5O4S2. The van der Waals surface area contributed by atoms with E-state index in [4.69, 9.17) is 20.0 Å². The van der Waals surface area contributed by atoms with Crippen molar-refractivity contribution in [2.24, 2.45) is 0 Å². The highest BCUT2D eigenvalue weighted by Crippen LogP contribution is 2.26. The number of aromatic nitrogens is 2. The molecule has 0 aliphatic rings. The predicted octanol–water partition coefficient (Wildman–Crippen LogP) is 2.64. The van der Waals surface area contributed by atoms with Crippen LogP contribution in [0.2, 0.25) is 0 Å². The number of hydrogen-bond acceptors (Lipinski definition) is 10. The van der Waals surface area contributed by atoms with Gasteiger partial charge in [-0.15, -0.1) is 22.7 Å². The molecule has 0 unspecified atom stereocenters. The average Bonchev–Trinajstić information content (AvgIpc) is 3.26. The Morgan fingerprint density at radius 1 is 1.25 bits per heavy atom. The minimum Gasteiger partial charge on any atom is -0.449 e. The summed E-state index contributed by atoms with van der Waals surface area (Å²) in [7, 11) is 0. The molecule has 2 aromatic rings. The molecule has 1 amide bonds. The highest BCUT2D eigenvalue weighted by molar-refractivity contribution is 7.14. The number of carbonyl (C=O) groups is 2. The zero-order valence-corrected chi connectivity index (χ0v) is 17.0. The lowest BCUT2D eigenvalue weighted by Crippen LogP contribution is -2.45. The van der Waals surface area contributed by atoms with Gasteiger partial charge in [0, 0.05) is 17.2 Å². The lowest BCUT2D eigenvalue weighted by atomic mass is 10.2. The molecule has 0 aliphatic heterocycles. The monoisotopic (exact) mass is 419 g/mol. The topological polar surface area (TPSA) is 138 Å². The largest absolute Gasteiger partial charge is 0.449 e. The first kappa shape index (κ1) is 21.3. The number of esters is 1. The van der Waals surface area contributed by atoms with Crippen LogP contribution in [0, 0.1) is 22.7 Å². The number of nitrogens with one attached hydrogen (secondary N) is 1. The van der Waals surface area contributed by atoms with E-state index in [2.05, 4.69) is 15.3 Å². The maximum Gasteiger partial charge on any atom is 0.408 e. The summed E-state index contributed by atoms with van der Waals surface area (Å²) in [4.78, 5) is 32.8. The number of rotatable bonds is 6. The third-order valence-corrected chi connectivity index (χ3v) is 4.76. The molecule has 9 nitrogen and oxygen atoms in total. The smallest absolute Gasteiger partial charge is 0.408 e. The van der Waals surface area contributed by atoms with Gasteiger partial charge in [0.15, 0.2) is 12.3 Å². The van der Waals surface area contributed by atoms with Crippen LogP contribution >= 0.6 is 22.7 Å². The first-order valence-electron chi connectivity index (χ1n) is 8.05. The van der Waals surface area contributed by atoms with E-state index in [-0.39, 0.29) is 6.42 Å². The lowest BCUT2D eigenvalue weighted by Gasteiger charge is -2.22. The third kappa shape index (κ3) is 6.30. The van der Waals surface area contributed by atoms with E-state index < -0.39 is 30.3 Å². The Labute approximate surface area is 169 Å². The molecule has 0 aromatic carbocycles. The molecule has 0 bridgehead atoms. The second-order valence-electron chi connectivity index (χ2n) is 6.44. The fourth-order valence-electron chi connectivity index (χ4n) is 1.97. The van der Waals surface area contributed by atoms with Gasteiger partial charge in [0.05, 0.1) is 5.01 Å². The summed E-state index contributed by atoms with van der Waals surface area (Å²) in [5.74, 6) is -0.759. The van der Waals surface area contributed by atoms with Gasteiger partial charge >= 0.3 is 12.1 Å². The molecule has 0 spiro atoms. The van der Waals surface area contributed by atoms with Crippen molar-refractivity contribution in [2.75, 3.05) is 6.61 Å². The quantitative estimate of drug-likeness (QED) is 0.705. The number of thiazole rings is 2. The van der Waals surface area contributed by atoms with E-state index >= 15 is 0 Å². The SMILES string of the molecule is CC(C)(C)OC(=O)N[C@@H](Cc1nc(-c2nc(C#N)cs2)cs1)C(=O)OCC#N. The van der Waals surface area contributed by atoms with Gasteiger partial charge in [-0.2, -0.15) is 10.5 Å². The molecule has 1 N–H and O–H groups in total. The molecule has 146 valence electrons. The number of hydrogen-bond donors (Lipinski definition) is 1. The van der Waals surface area contributed by atoms with Gasteiger partial charge in [0.2, 0.25) is 0 Å². The van der Waals surface area contributed by atoms with Crippen LogP contribution in [-0.2, 0) is 20.7 Å². The molecule has 0 radical (unpaired) electrons. The Morgan fingerprint density at radius 3 is 2.61 bits per heavy atom. The Hall–Kier alpha value is -3.02. The average molecular weight is 419 g/mol. The summed E-state index contributed by atoms with van der Waals surface area (Å²) in [5, 5.41) is 24.4. The van der Waals surface area contributed by atoms with Crippen molar-refractivity contribution in [1.82, 2.24) is 15.3 Å². The predicted molar refractivity (Wildman–Crippen MR) is 101 cm³/mol.